The van der Waals surface area contributed by atoms with E-state index in [0.717, 1.165) is 0 Å². The van der Waals surface area contributed by atoms with Gasteiger partial charge in [-0.15, -0.1) is 0 Å². The Bertz CT molecular complexity index is 1090. The van der Waals surface area contributed by atoms with Crippen LogP contribution in [0.4, 0.5) is 0 Å². The van der Waals surface area contributed by atoms with E-state index >= 15 is 0 Å². The van der Waals surface area contributed by atoms with Gasteiger partial charge in [-0.05, 0) is 35.0 Å². The third-order valence-corrected chi connectivity index (χ3v) is 4.60. The maximum absolute atomic E-state index is 13.0. The van der Waals surface area contributed by atoms with E-state index in [2.05, 4.69) is 25.9 Å². The minimum Gasteiger partial charge on any atom is -0.462 e. The smallest absolute Gasteiger partial charge is 0.341 e. The molecule has 3 heterocycles. The SMILES string of the molecule is CCOC(=O)c1c2c(n3cccc(Br)c13)C(=O)c1nccnc1C2=O. The van der Waals surface area contributed by atoms with Crippen LogP contribution in [0.1, 0.15) is 49.5 Å². The Morgan fingerprint density at radius 3 is 2.56 bits per heavy atom. The van der Waals surface area contributed by atoms with Crippen LogP contribution >= 0.6 is 15.9 Å². The van der Waals surface area contributed by atoms with E-state index in [0.29, 0.717) is 9.99 Å². The second kappa shape index (κ2) is 5.59. The third kappa shape index (κ3) is 2.07. The van der Waals surface area contributed by atoms with Crippen molar-refractivity contribution >= 4 is 39.0 Å². The van der Waals surface area contributed by atoms with E-state index in [1.54, 1.807) is 25.3 Å². The number of carbonyl (C=O) groups is 3. The van der Waals surface area contributed by atoms with E-state index in [1.807, 2.05) is 0 Å². The molecule has 8 heteroatoms. The zero-order valence-corrected chi connectivity index (χ0v) is 14.5. The van der Waals surface area contributed by atoms with Crippen molar-refractivity contribution in [2.75, 3.05) is 6.61 Å². The Morgan fingerprint density at radius 1 is 1.20 bits per heavy atom. The number of ketones is 2. The molecule has 0 radical (unpaired) electrons. The molecule has 0 N–H and O–H groups in total. The summed E-state index contributed by atoms with van der Waals surface area (Å²) in [6.07, 6.45) is 4.31. The van der Waals surface area contributed by atoms with Crippen LogP contribution in [0, 0.1) is 0 Å². The van der Waals surface area contributed by atoms with Gasteiger partial charge in [-0.1, -0.05) is 0 Å². The number of rotatable bonds is 2. The number of halogens is 1. The Labute approximate surface area is 149 Å². The normalized spacial score (nSPS) is 12.9. The van der Waals surface area contributed by atoms with E-state index in [4.69, 9.17) is 4.74 Å². The largest absolute Gasteiger partial charge is 0.462 e. The zero-order valence-electron chi connectivity index (χ0n) is 12.9. The lowest BCUT2D eigenvalue weighted by molar-refractivity contribution is 0.0526. The van der Waals surface area contributed by atoms with Crippen LogP contribution in [-0.2, 0) is 4.74 Å². The first-order valence-corrected chi connectivity index (χ1v) is 8.25. The number of esters is 1. The number of hydrogen-bond acceptors (Lipinski definition) is 6. The number of fused-ring (bicyclic) bond motifs is 4. The maximum atomic E-state index is 13.0. The van der Waals surface area contributed by atoms with Crippen molar-refractivity contribution in [2.45, 2.75) is 6.92 Å². The molecule has 7 nitrogen and oxygen atoms in total. The van der Waals surface area contributed by atoms with Gasteiger partial charge in [0.25, 0.3) is 0 Å². The molecule has 124 valence electrons. The highest BCUT2D eigenvalue weighted by Crippen LogP contribution is 2.35. The number of hydrogen-bond donors (Lipinski definition) is 0. The molecule has 0 fully saturated rings. The lowest BCUT2D eigenvalue weighted by Gasteiger charge is -2.13. The summed E-state index contributed by atoms with van der Waals surface area (Å²) in [5, 5.41) is 0. The fourth-order valence-corrected chi connectivity index (χ4v) is 3.55. The lowest BCUT2D eigenvalue weighted by atomic mass is 9.92. The quantitative estimate of drug-likeness (QED) is 0.480. The second-order valence-corrected chi connectivity index (χ2v) is 6.16. The Balaban J connectivity index is 2.15. The Morgan fingerprint density at radius 2 is 1.88 bits per heavy atom. The average molecular weight is 400 g/mol. The fraction of sp³-hybridized carbons (Fsp3) is 0.118. The molecule has 1 aliphatic carbocycles. The summed E-state index contributed by atoms with van der Waals surface area (Å²) >= 11 is 3.39. The van der Waals surface area contributed by atoms with Crippen LogP contribution in [0.2, 0.25) is 0 Å². The first kappa shape index (κ1) is 15.6. The predicted octanol–water partition coefficient (Wildman–Crippen LogP) is 2.44. The minimum atomic E-state index is -0.665. The first-order valence-electron chi connectivity index (χ1n) is 7.46. The molecular weight excluding hydrogens is 390 g/mol. The Kier molecular flexibility index (Phi) is 3.50. The molecule has 0 amide bonds. The van der Waals surface area contributed by atoms with Crippen LogP contribution in [-0.4, -0.2) is 38.5 Å². The highest BCUT2D eigenvalue weighted by Gasteiger charge is 2.40. The molecular formula is C17H10BrN3O4. The van der Waals surface area contributed by atoms with Crippen LogP contribution in [0.3, 0.4) is 0 Å². The summed E-state index contributed by atoms with van der Waals surface area (Å²) in [5.41, 5.74) is 0.479. The van der Waals surface area contributed by atoms with Crippen molar-refractivity contribution in [1.82, 2.24) is 14.4 Å². The topological polar surface area (TPSA) is 90.6 Å². The van der Waals surface area contributed by atoms with Crippen LogP contribution in [0.25, 0.3) is 5.52 Å². The first-order chi connectivity index (χ1) is 12.1. The van der Waals surface area contributed by atoms with E-state index < -0.39 is 17.5 Å². The molecule has 0 unspecified atom stereocenters. The molecule has 0 bridgehead atoms. The summed E-state index contributed by atoms with van der Waals surface area (Å²) in [6.45, 7) is 1.82. The molecule has 0 saturated carbocycles. The number of ether oxygens (including phenoxy) is 1. The van der Waals surface area contributed by atoms with Gasteiger partial charge in [0.05, 0.1) is 23.3 Å². The zero-order chi connectivity index (χ0) is 17.7. The summed E-state index contributed by atoms with van der Waals surface area (Å²) in [7, 11) is 0. The molecule has 1 aliphatic rings. The third-order valence-electron chi connectivity index (χ3n) is 3.96. The Hall–Kier alpha value is -2.87. The van der Waals surface area contributed by atoms with Gasteiger partial charge < -0.3 is 9.14 Å². The van der Waals surface area contributed by atoms with Crippen LogP contribution in [0.15, 0.2) is 35.2 Å². The van der Waals surface area contributed by atoms with Gasteiger partial charge >= 0.3 is 5.97 Å². The van der Waals surface area contributed by atoms with Gasteiger partial charge in [-0.2, -0.15) is 0 Å². The summed E-state index contributed by atoms with van der Waals surface area (Å²) in [6, 6.07) is 3.43. The second-order valence-electron chi connectivity index (χ2n) is 5.31. The van der Waals surface area contributed by atoms with E-state index in [-0.39, 0.29) is 34.8 Å². The summed E-state index contributed by atoms with van der Waals surface area (Å²) in [4.78, 5) is 46.4. The van der Waals surface area contributed by atoms with Crippen LogP contribution < -0.4 is 0 Å². The van der Waals surface area contributed by atoms with E-state index in [9.17, 15) is 14.4 Å². The van der Waals surface area contributed by atoms with Crippen molar-refractivity contribution < 1.29 is 19.1 Å². The standard InChI is InChI=1S/C17H10BrN3O4/c1-2-25-17(24)10-9-14(21-7-3-4-8(18)13(10)21)16(23)12-11(15(9)22)19-5-6-20-12/h3-7H,2H2,1H3. The van der Waals surface area contributed by atoms with Crippen molar-refractivity contribution in [3.05, 3.63) is 63.4 Å². The molecule has 0 aromatic carbocycles. The maximum Gasteiger partial charge on any atom is 0.341 e. The fourth-order valence-electron chi connectivity index (χ4n) is 3.01. The molecule has 0 aliphatic heterocycles. The molecule has 4 rings (SSSR count). The average Bonchev–Trinajstić information content (AvgIpc) is 2.97. The molecule has 0 spiro atoms. The van der Waals surface area contributed by atoms with Crippen molar-refractivity contribution in [2.24, 2.45) is 0 Å². The number of carbonyl (C=O) groups excluding carboxylic acids is 3. The molecule has 0 saturated heterocycles. The van der Waals surface area contributed by atoms with Crippen molar-refractivity contribution in [3.63, 3.8) is 0 Å². The molecule has 3 aromatic rings. The summed E-state index contributed by atoms with van der Waals surface area (Å²) < 4.78 is 7.20. The molecule has 0 atom stereocenters. The predicted molar refractivity (Wildman–Crippen MR) is 90.0 cm³/mol. The highest BCUT2D eigenvalue weighted by atomic mass is 79.9. The minimum absolute atomic E-state index is 0.00310. The van der Waals surface area contributed by atoms with Gasteiger partial charge in [-0.3, -0.25) is 9.59 Å². The van der Waals surface area contributed by atoms with E-state index in [1.165, 1.54) is 16.8 Å². The monoisotopic (exact) mass is 399 g/mol. The van der Waals surface area contributed by atoms with Crippen LogP contribution in [0.5, 0.6) is 0 Å². The molecule has 3 aromatic heterocycles. The number of pyridine rings is 1. The van der Waals surface area contributed by atoms with Crippen molar-refractivity contribution in [3.8, 4) is 0 Å². The van der Waals surface area contributed by atoms with Gasteiger partial charge in [0.15, 0.2) is 0 Å². The van der Waals surface area contributed by atoms with Gasteiger partial charge in [0, 0.05) is 23.1 Å². The molecule has 25 heavy (non-hydrogen) atoms. The lowest BCUT2D eigenvalue weighted by Crippen LogP contribution is -2.25. The van der Waals surface area contributed by atoms with Crippen molar-refractivity contribution in [1.29, 1.82) is 0 Å². The highest BCUT2D eigenvalue weighted by molar-refractivity contribution is 9.10. The number of nitrogens with zero attached hydrogens (tertiary/aromatic N) is 3. The van der Waals surface area contributed by atoms with Gasteiger partial charge in [0.2, 0.25) is 11.6 Å². The summed E-state index contributed by atoms with van der Waals surface area (Å²) in [5.74, 6) is -1.64. The van der Waals surface area contributed by atoms with Gasteiger partial charge in [0.1, 0.15) is 17.1 Å². The van der Waals surface area contributed by atoms with Gasteiger partial charge in [-0.25, -0.2) is 14.8 Å². The number of aromatic nitrogens is 3.